The van der Waals surface area contributed by atoms with Crippen LogP contribution in [0.2, 0.25) is 0 Å². The van der Waals surface area contributed by atoms with Crippen molar-refractivity contribution in [2.75, 3.05) is 26.4 Å². The molecule has 2 saturated heterocycles. The molecule has 0 aliphatic carbocycles. The number of ether oxygens (including phenoxy) is 4. The molecule has 0 spiro atoms. The van der Waals surface area contributed by atoms with Crippen molar-refractivity contribution in [2.24, 2.45) is 11.8 Å². The third-order valence-corrected chi connectivity index (χ3v) is 3.25. The van der Waals surface area contributed by atoms with Crippen molar-refractivity contribution in [1.29, 1.82) is 0 Å². The fourth-order valence-electron chi connectivity index (χ4n) is 2.35. The lowest BCUT2D eigenvalue weighted by atomic mass is 10.1. The fourth-order valence-corrected chi connectivity index (χ4v) is 2.35. The second-order valence-corrected chi connectivity index (χ2v) is 6.13. The zero-order valence-electron chi connectivity index (χ0n) is 11.9. The minimum Gasteiger partial charge on any atom is -0.373 e. The van der Waals surface area contributed by atoms with Gasteiger partial charge in [0.15, 0.2) is 0 Å². The molecular weight excluding hydrogens is 232 g/mol. The average Bonchev–Trinajstić information content (AvgIpc) is 2.85. The lowest BCUT2D eigenvalue weighted by Crippen LogP contribution is -2.35. The Kier molecular flexibility index (Phi) is 5.01. The summed E-state index contributed by atoms with van der Waals surface area (Å²) in [5.74, 6) is 1.08. The summed E-state index contributed by atoms with van der Waals surface area (Å²) < 4.78 is 23.3. The quantitative estimate of drug-likeness (QED) is 0.729. The minimum absolute atomic E-state index is 0.0564. The van der Waals surface area contributed by atoms with Gasteiger partial charge in [0.05, 0.1) is 13.2 Å². The molecule has 4 nitrogen and oxygen atoms in total. The molecule has 0 unspecified atom stereocenters. The van der Waals surface area contributed by atoms with Gasteiger partial charge in [0, 0.05) is 13.2 Å². The highest BCUT2D eigenvalue weighted by molar-refractivity contribution is 4.95. The van der Waals surface area contributed by atoms with E-state index in [1.54, 1.807) is 0 Å². The van der Waals surface area contributed by atoms with Crippen LogP contribution in [0.4, 0.5) is 0 Å². The summed E-state index contributed by atoms with van der Waals surface area (Å²) in [6.07, 6.45) is 0.261. The summed E-state index contributed by atoms with van der Waals surface area (Å²) in [6.45, 7) is 11.4. The highest BCUT2D eigenvalue weighted by atomic mass is 16.6. The van der Waals surface area contributed by atoms with E-state index in [-0.39, 0.29) is 24.4 Å². The van der Waals surface area contributed by atoms with Crippen molar-refractivity contribution in [1.82, 2.24) is 0 Å². The predicted molar refractivity (Wildman–Crippen MR) is 68.6 cm³/mol. The van der Waals surface area contributed by atoms with Gasteiger partial charge in [-0.1, -0.05) is 27.7 Å². The molecule has 4 atom stereocenters. The molecular formula is C14H26O4. The normalized spacial score (nSPS) is 35.7. The lowest BCUT2D eigenvalue weighted by molar-refractivity contribution is -0.0581. The summed E-state index contributed by atoms with van der Waals surface area (Å²) in [5, 5.41) is 0. The van der Waals surface area contributed by atoms with Crippen LogP contribution < -0.4 is 0 Å². The van der Waals surface area contributed by atoms with Crippen LogP contribution in [0.1, 0.15) is 27.7 Å². The Hall–Kier alpha value is -0.160. The van der Waals surface area contributed by atoms with Gasteiger partial charge in [-0.3, -0.25) is 0 Å². The second kappa shape index (κ2) is 6.33. The van der Waals surface area contributed by atoms with Crippen molar-refractivity contribution in [3.8, 4) is 0 Å². The first-order chi connectivity index (χ1) is 8.58. The van der Waals surface area contributed by atoms with Gasteiger partial charge in [-0.25, -0.2) is 0 Å². The number of rotatable bonds is 6. The Morgan fingerprint density at radius 1 is 0.833 bits per heavy atom. The SMILES string of the molecule is CC(C)CO[C@H]1CO[C@H]2[C@@H]1OC[C@H]2OCC(C)C. The highest BCUT2D eigenvalue weighted by Crippen LogP contribution is 2.30. The molecule has 0 N–H and O–H groups in total. The van der Waals surface area contributed by atoms with Crippen molar-refractivity contribution < 1.29 is 18.9 Å². The zero-order chi connectivity index (χ0) is 13.1. The smallest absolute Gasteiger partial charge is 0.115 e. The summed E-state index contributed by atoms with van der Waals surface area (Å²) in [7, 11) is 0. The number of hydrogen-bond donors (Lipinski definition) is 0. The molecule has 0 aromatic heterocycles. The molecule has 0 amide bonds. The third kappa shape index (κ3) is 3.44. The van der Waals surface area contributed by atoms with Gasteiger partial charge >= 0.3 is 0 Å². The Morgan fingerprint density at radius 3 is 1.56 bits per heavy atom. The predicted octanol–water partition coefficient (Wildman–Crippen LogP) is 1.87. The Balaban J connectivity index is 1.79. The second-order valence-electron chi connectivity index (χ2n) is 6.13. The van der Waals surface area contributed by atoms with Crippen LogP contribution in [-0.2, 0) is 18.9 Å². The van der Waals surface area contributed by atoms with Crippen molar-refractivity contribution in [3.05, 3.63) is 0 Å². The maximum Gasteiger partial charge on any atom is 0.115 e. The van der Waals surface area contributed by atoms with E-state index in [1.165, 1.54) is 0 Å². The van der Waals surface area contributed by atoms with Gasteiger partial charge in [0.2, 0.25) is 0 Å². The molecule has 0 aromatic carbocycles. The molecule has 2 heterocycles. The molecule has 0 saturated carbocycles. The van der Waals surface area contributed by atoms with Crippen molar-refractivity contribution in [2.45, 2.75) is 52.1 Å². The minimum atomic E-state index is 0.0564. The topological polar surface area (TPSA) is 36.9 Å². The molecule has 18 heavy (non-hydrogen) atoms. The molecule has 4 heteroatoms. The number of fused-ring (bicyclic) bond motifs is 1. The van der Waals surface area contributed by atoms with Gasteiger partial charge in [0.25, 0.3) is 0 Å². The average molecular weight is 258 g/mol. The fraction of sp³-hybridized carbons (Fsp3) is 1.00. The van der Waals surface area contributed by atoms with Gasteiger partial charge in [-0.05, 0) is 11.8 Å². The molecule has 2 aliphatic heterocycles. The van der Waals surface area contributed by atoms with Crippen LogP contribution in [-0.4, -0.2) is 50.8 Å². The van der Waals surface area contributed by atoms with E-state index in [9.17, 15) is 0 Å². The molecule has 2 rings (SSSR count). The van der Waals surface area contributed by atoms with Gasteiger partial charge in [-0.15, -0.1) is 0 Å². The van der Waals surface area contributed by atoms with Crippen molar-refractivity contribution in [3.63, 3.8) is 0 Å². The molecule has 0 aromatic rings. The van der Waals surface area contributed by atoms with Crippen LogP contribution in [0, 0.1) is 11.8 Å². The van der Waals surface area contributed by atoms with Crippen LogP contribution in [0.25, 0.3) is 0 Å². The van der Waals surface area contributed by atoms with E-state index in [4.69, 9.17) is 18.9 Å². The Morgan fingerprint density at radius 2 is 1.22 bits per heavy atom. The van der Waals surface area contributed by atoms with Crippen molar-refractivity contribution >= 4 is 0 Å². The summed E-state index contributed by atoms with van der Waals surface area (Å²) in [5.41, 5.74) is 0. The summed E-state index contributed by atoms with van der Waals surface area (Å²) in [6, 6.07) is 0. The Labute approximate surface area is 110 Å². The first kappa shape index (κ1) is 14.3. The largest absolute Gasteiger partial charge is 0.373 e. The zero-order valence-corrected chi connectivity index (χ0v) is 11.9. The molecule has 0 bridgehead atoms. The Bertz CT molecular complexity index is 228. The summed E-state index contributed by atoms with van der Waals surface area (Å²) >= 11 is 0. The van der Waals surface area contributed by atoms with E-state index in [2.05, 4.69) is 27.7 Å². The van der Waals surface area contributed by atoms with Gasteiger partial charge in [-0.2, -0.15) is 0 Å². The van der Waals surface area contributed by atoms with Crippen LogP contribution in [0.15, 0.2) is 0 Å². The lowest BCUT2D eigenvalue weighted by Gasteiger charge is -2.18. The number of hydrogen-bond acceptors (Lipinski definition) is 4. The highest BCUT2D eigenvalue weighted by Gasteiger charge is 2.48. The maximum absolute atomic E-state index is 5.85. The van der Waals surface area contributed by atoms with E-state index < -0.39 is 0 Å². The standard InChI is InChI=1S/C14H26O4/c1-9(2)5-15-11-7-17-14-12(8-18-13(11)14)16-6-10(3)4/h9-14H,5-8H2,1-4H3/t11-,12+,13-,14-/m1/s1. The first-order valence-corrected chi connectivity index (χ1v) is 7.04. The van der Waals surface area contributed by atoms with Crippen LogP contribution >= 0.6 is 0 Å². The van der Waals surface area contributed by atoms with E-state index in [0.29, 0.717) is 25.0 Å². The third-order valence-electron chi connectivity index (χ3n) is 3.25. The molecule has 2 aliphatic rings. The van der Waals surface area contributed by atoms with Crippen LogP contribution in [0.3, 0.4) is 0 Å². The van der Waals surface area contributed by atoms with Gasteiger partial charge in [0.1, 0.15) is 24.4 Å². The molecule has 2 fully saturated rings. The van der Waals surface area contributed by atoms with Crippen LogP contribution in [0.5, 0.6) is 0 Å². The monoisotopic (exact) mass is 258 g/mol. The van der Waals surface area contributed by atoms with E-state index in [1.807, 2.05) is 0 Å². The molecule has 106 valence electrons. The molecule has 0 radical (unpaired) electrons. The van der Waals surface area contributed by atoms with Gasteiger partial charge < -0.3 is 18.9 Å². The first-order valence-electron chi connectivity index (χ1n) is 7.04. The van der Waals surface area contributed by atoms with E-state index >= 15 is 0 Å². The maximum atomic E-state index is 5.85. The summed E-state index contributed by atoms with van der Waals surface area (Å²) in [4.78, 5) is 0. The van der Waals surface area contributed by atoms with E-state index in [0.717, 1.165) is 13.2 Å².